The van der Waals surface area contributed by atoms with Crippen LogP contribution in [-0.2, 0) is 15.0 Å². The molecule has 4 aromatic carbocycles. The molecular weight excluding hydrogens is 502 g/mol. The number of para-hydroxylation sites is 2. The van der Waals surface area contributed by atoms with E-state index in [1.165, 1.54) is 12.0 Å². The molecule has 0 unspecified atom stereocenters. The van der Waals surface area contributed by atoms with Crippen molar-refractivity contribution in [3.63, 3.8) is 0 Å². The molecular formula is C33H25N3O4. The second-order valence-corrected chi connectivity index (χ2v) is 10.3. The fourth-order valence-electron chi connectivity index (χ4n) is 6.97. The lowest BCUT2D eigenvalue weighted by atomic mass is 9.47. The third-order valence-corrected chi connectivity index (χ3v) is 8.48. The Bertz CT molecular complexity index is 1670. The van der Waals surface area contributed by atoms with Crippen LogP contribution in [0.15, 0.2) is 108 Å². The zero-order valence-electron chi connectivity index (χ0n) is 21.7. The van der Waals surface area contributed by atoms with E-state index in [9.17, 15) is 14.4 Å². The number of rotatable bonds is 5. The normalized spacial score (nSPS) is 24.0. The number of imide groups is 1. The van der Waals surface area contributed by atoms with Crippen LogP contribution < -0.4 is 15.1 Å². The van der Waals surface area contributed by atoms with Crippen molar-refractivity contribution in [3.8, 4) is 5.75 Å². The maximum absolute atomic E-state index is 14.3. The quantitative estimate of drug-likeness (QED) is 0.232. The minimum absolute atomic E-state index is 0.217. The number of nitrogens with zero attached hydrogens (tertiary/aromatic N) is 2. The minimum Gasteiger partial charge on any atom is -0.496 e. The molecule has 0 spiro atoms. The third-order valence-electron chi connectivity index (χ3n) is 8.48. The number of ether oxygens (including phenoxy) is 1. The monoisotopic (exact) mass is 527 g/mol. The Morgan fingerprint density at radius 3 is 2.10 bits per heavy atom. The first-order valence-corrected chi connectivity index (χ1v) is 13.2. The molecule has 1 fully saturated rings. The second-order valence-electron chi connectivity index (χ2n) is 10.3. The van der Waals surface area contributed by atoms with Crippen molar-refractivity contribution < 1.29 is 19.1 Å². The Balaban J connectivity index is 1.40. The summed E-state index contributed by atoms with van der Waals surface area (Å²) >= 11 is 0. The largest absolute Gasteiger partial charge is 0.496 e. The summed E-state index contributed by atoms with van der Waals surface area (Å²) in [5, 5.41) is 4.47. The highest BCUT2D eigenvalue weighted by Crippen LogP contribution is 2.63. The van der Waals surface area contributed by atoms with Gasteiger partial charge in [0.15, 0.2) is 0 Å². The molecule has 1 heterocycles. The van der Waals surface area contributed by atoms with Gasteiger partial charge in [-0.15, -0.1) is 0 Å². The summed E-state index contributed by atoms with van der Waals surface area (Å²) in [4.78, 5) is 42.9. The van der Waals surface area contributed by atoms with Crippen molar-refractivity contribution in [1.82, 2.24) is 5.43 Å². The van der Waals surface area contributed by atoms with Crippen molar-refractivity contribution >= 4 is 29.6 Å². The Morgan fingerprint density at radius 2 is 1.43 bits per heavy atom. The van der Waals surface area contributed by atoms with E-state index in [0.717, 1.165) is 22.3 Å². The van der Waals surface area contributed by atoms with Crippen LogP contribution in [0, 0.1) is 11.8 Å². The lowest BCUT2D eigenvalue weighted by Crippen LogP contribution is -2.54. The lowest BCUT2D eigenvalue weighted by molar-refractivity contribution is -0.122. The average molecular weight is 528 g/mol. The van der Waals surface area contributed by atoms with Gasteiger partial charge in [-0.2, -0.15) is 5.10 Å². The first-order chi connectivity index (χ1) is 19.6. The summed E-state index contributed by atoms with van der Waals surface area (Å²) in [5.74, 6) is -2.08. The smallest absolute Gasteiger partial charge is 0.275 e. The summed E-state index contributed by atoms with van der Waals surface area (Å²) in [7, 11) is 1.50. The molecule has 196 valence electrons. The Labute approximate surface area is 231 Å². The standard InChI is InChI=1S/C33H25N3O4/c1-40-26-18-10-7-15-23(26)30(37)35-34-19-33-24-16-8-5-13-21(24)27(22-14-6-9-17-25(22)33)28-29(33)32(39)36(31(28)38)20-11-3-2-4-12-20/h2-19,27-29H,1H3,(H,35,37)/b34-19-/t27?,28-,29-,33?/m0/s1. The van der Waals surface area contributed by atoms with Gasteiger partial charge >= 0.3 is 0 Å². The maximum atomic E-state index is 14.3. The van der Waals surface area contributed by atoms with E-state index < -0.39 is 23.2 Å². The van der Waals surface area contributed by atoms with Crippen molar-refractivity contribution in [2.75, 3.05) is 12.0 Å². The van der Waals surface area contributed by atoms with Gasteiger partial charge < -0.3 is 4.74 Å². The third kappa shape index (κ3) is 3.18. The summed E-state index contributed by atoms with van der Waals surface area (Å²) in [6.45, 7) is 0. The average Bonchev–Trinajstić information content (AvgIpc) is 3.28. The van der Waals surface area contributed by atoms with Crippen LogP contribution in [-0.4, -0.2) is 31.0 Å². The molecule has 3 aliphatic carbocycles. The van der Waals surface area contributed by atoms with Crippen molar-refractivity contribution in [3.05, 3.63) is 131 Å². The van der Waals surface area contributed by atoms with E-state index in [2.05, 4.69) is 10.5 Å². The number of hydrogen-bond donors (Lipinski definition) is 1. The zero-order chi connectivity index (χ0) is 27.4. The second kappa shape index (κ2) is 9.02. The van der Waals surface area contributed by atoms with E-state index in [4.69, 9.17) is 4.74 Å². The number of amides is 3. The molecule has 3 amide bonds. The van der Waals surface area contributed by atoms with Crippen LogP contribution in [0.4, 0.5) is 5.69 Å². The molecule has 4 aromatic rings. The number of hydrogen-bond acceptors (Lipinski definition) is 5. The SMILES string of the molecule is COc1ccccc1C(=O)N/N=C\C12c3ccccc3C(c3ccccc31)[C@@H]1C(=O)N(c3ccccc3)C(=O)[C@H]12. The van der Waals surface area contributed by atoms with Gasteiger partial charge in [0.1, 0.15) is 5.75 Å². The molecule has 0 saturated carbocycles. The van der Waals surface area contributed by atoms with Crippen LogP contribution in [0.5, 0.6) is 5.75 Å². The van der Waals surface area contributed by atoms with Crippen molar-refractivity contribution in [2.24, 2.45) is 16.9 Å². The topological polar surface area (TPSA) is 88.1 Å². The van der Waals surface area contributed by atoms with Crippen LogP contribution in [0.3, 0.4) is 0 Å². The Kier molecular flexibility index (Phi) is 5.42. The first-order valence-electron chi connectivity index (χ1n) is 13.2. The van der Waals surface area contributed by atoms with Gasteiger partial charge in [0, 0.05) is 12.1 Å². The molecule has 40 heavy (non-hydrogen) atoms. The van der Waals surface area contributed by atoms with Gasteiger partial charge in [0.2, 0.25) is 11.8 Å². The van der Waals surface area contributed by atoms with Crippen molar-refractivity contribution in [1.29, 1.82) is 0 Å². The van der Waals surface area contributed by atoms with Crippen LogP contribution >= 0.6 is 0 Å². The highest BCUT2D eigenvalue weighted by Gasteiger charge is 2.68. The summed E-state index contributed by atoms with van der Waals surface area (Å²) < 4.78 is 5.34. The van der Waals surface area contributed by atoms with E-state index in [1.54, 1.807) is 42.6 Å². The van der Waals surface area contributed by atoms with E-state index in [-0.39, 0.29) is 17.7 Å². The number of carbonyl (C=O) groups excluding carboxylic acids is 3. The molecule has 2 bridgehead atoms. The molecule has 4 aliphatic rings. The van der Waals surface area contributed by atoms with Gasteiger partial charge in [-0.05, 0) is 46.5 Å². The van der Waals surface area contributed by atoms with Gasteiger partial charge in [-0.3, -0.25) is 14.4 Å². The zero-order valence-corrected chi connectivity index (χ0v) is 21.7. The highest BCUT2D eigenvalue weighted by atomic mass is 16.5. The van der Waals surface area contributed by atoms with Gasteiger partial charge in [0.05, 0.1) is 35.6 Å². The molecule has 7 nitrogen and oxygen atoms in total. The maximum Gasteiger partial charge on any atom is 0.275 e. The van der Waals surface area contributed by atoms with E-state index >= 15 is 0 Å². The van der Waals surface area contributed by atoms with E-state index in [1.807, 2.05) is 66.7 Å². The van der Waals surface area contributed by atoms with Crippen LogP contribution in [0.1, 0.15) is 38.5 Å². The number of hydrazone groups is 1. The summed E-state index contributed by atoms with van der Waals surface area (Å²) in [6.07, 6.45) is 1.66. The lowest BCUT2D eigenvalue weighted by Gasteiger charge is -2.52. The van der Waals surface area contributed by atoms with Gasteiger partial charge in [-0.25, -0.2) is 10.3 Å². The van der Waals surface area contributed by atoms with Gasteiger partial charge in [0.25, 0.3) is 5.91 Å². The van der Waals surface area contributed by atoms with Crippen LogP contribution in [0.2, 0.25) is 0 Å². The molecule has 0 aromatic heterocycles. The molecule has 8 rings (SSSR count). The molecule has 1 aliphatic heterocycles. The molecule has 0 radical (unpaired) electrons. The fourth-order valence-corrected chi connectivity index (χ4v) is 6.97. The predicted molar refractivity (Wildman–Crippen MR) is 150 cm³/mol. The Hall–Kier alpha value is -5.04. The molecule has 1 N–H and O–H groups in total. The summed E-state index contributed by atoms with van der Waals surface area (Å²) in [6, 6.07) is 31.8. The number of nitrogens with one attached hydrogen (secondary N) is 1. The predicted octanol–water partition coefficient (Wildman–Crippen LogP) is 4.66. The van der Waals surface area contributed by atoms with Crippen molar-refractivity contribution in [2.45, 2.75) is 11.3 Å². The van der Waals surface area contributed by atoms with Gasteiger partial charge in [-0.1, -0.05) is 78.9 Å². The Morgan fingerprint density at radius 1 is 0.825 bits per heavy atom. The first kappa shape index (κ1) is 24.0. The molecule has 1 saturated heterocycles. The molecule has 7 heteroatoms. The fraction of sp³-hybridized carbons (Fsp3) is 0.152. The minimum atomic E-state index is -1.06. The number of benzene rings is 4. The number of anilines is 1. The number of methoxy groups -OCH3 is 1. The van der Waals surface area contributed by atoms with E-state index in [0.29, 0.717) is 17.0 Å². The highest BCUT2D eigenvalue weighted by molar-refractivity contribution is 6.25. The van der Waals surface area contributed by atoms with Crippen LogP contribution in [0.25, 0.3) is 0 Å². The summed E-state index contributed by atoms with van der Waals surface area (Å²) in [5.41, 5.74) is 6.33. The number of carbonyl (C=O) groups is 3. The molecule has 2 atom stereocenters.